The molecular formula is C22H24N2O5S3. The van der Waals surface area contributed by atoms with Crippen LogP contribution < -0.4 is 14.3 Å². The molecular weight excluding hydrogens is 468 g/mol. The lowest BCUT2D eigenvalue weighted by Crippen LogP contribution is -2.19. The second-order valence-corrected chi connectivity index (χ2v) is 12.0. The minimum atomic E-state index is -3.48. The number of nitrogens with zero attached hydrogens (tertiary/aromatic N) is 2. The van der Waals surface area contributed by atoms with E-state index < -0.39 is 21.0 Å². The van der Waals surface area contributed by atoms with Gasteiger partial charge in [-0.3, -0.25) is 4.79 Å². The van der Waals surface area contributed by atoms with Crippen molar-refractivity contribution >= 4 is 49.1 Å². The third-order valence-electron chi connectivity index (χ3n) is 5.09. The van der Waals surface area contributed by atoms with Crippen molar-refractivity contribution in [2.45, 2.75) is 30.5 Å². The first-order chi connectivity index (χ1) is 15.3. The lowest BCUT2D eigenvalue weighted by molar-refractivity contribution is 0.0997. The number of hydrogen-bond acceptors (Lipinski definition) is 7. The molecule has 0 unspecified atom stereocenters. The fraction of sp³-hybridized carbons (Fsp3) is 0.364. The second kappa shape index (κ2) is 9.29. The molecule has 0 atom stereocenters. The van der Waals surface area contributed by atoms with Crippen LogP contribution in [-0.2, 0) is 16.4 Å². The molecule has 7 nitrogen and oxygen atoms in total. The number of fused-ring (bicyclic) bond motifs is 2. The number of carbonyl (C=O) groups is 1. The summed E-state index contributed by atoms with van der Waals surface area (Å²) >= 11 is 3.10. The Hall–Kier alpha value is -2.30. The van der Waals surface area contributed by atoms with Gasteiger partial charge in [-0.05, 0) is 38.3 Å². The molecule has 1 aliphatic heterocycles. The van der Waals surface area contributed by atoms with E-state index in [1.807, 2.05) is 23.0 Å². The second-order valence-electron chi connectivity index (χ2n) is 7.53. The van der Waals surface area contributed by atoms with E-state index >= 15 is 0 Å². The van der Waals surface area contributed by atoms with Crippen molar-refractivity contribution in [1.29, 1.82) is 0 Å². The van der Waals surface area contributed by atoms with Gasteiger partial charge < -0.3 is 14.0 Å². The molecule has 3 aromatic rings. The zero-order valence-electron chi connectivity index (χ0n) is 18.0. The van der Waals surface area contributed by atoms with E-state index in [0.717, 1.165) is 16.0 Å². The zero-order chi connectivity index (χ0) is 22.9. The van der Waals surface area contributed by atoms with Gasteiger partial charge in [0.1, 0.15) is 13.2 Å². The zero-order valence-corrected chi connectivity index (χ0v) is 20.5. The van der Waals surface area contributed by atoms with Crippen molar-refractivity contribution in [2.24, 2.45) is 4.99 Å². The highest BCUT2D eigenvalue weighted by Crippen LogP contribution is 2.35. The molecule has 10 heteroatoms. The van der Waals surface area contributed by atoms with Crippen molar-refractivity contribution < 1.29 is 22.7 Å². The molecule has 0 bridgehead atoms. The minimum Gasteiger partial charge on any atom is -0.486 e. The summed E-state index contributed by atoms with van der Waals surface area (Å²) in [5, 5.41) is -0.573. The molecule has 0 N–H and O–H groups in total. The van der Waals surface area contributed by atoms with Crippen LogP contribution >= 0.6 is 23.1 Å². The SMILES string of the molecule is CSCCn1c(=NC(=O)c2cccc(S(=O)(=O)C(C)C)c2)sc2cc3c(cc21)OCCO3. The summed E-state index contributed by atoms with van der Waals surface area (Å²) < 4.78 is 39.4. The number of aryl methyl sites for hydroxylation is 1. The number of sulfone groups is 1. The molecule has 0 saturated heterocycles. The highest BCUT2D eigenvalue weighted by atomic mass is 32.2. The van der Waals surface area contributed by atoms with E-state index in [0.29, 0.717) is 36.1 Å². The Morgan fingerprint density at radius 3 is 2.59 bits per heavy atom. The Labute approximate surface area is 195 Å². The number of benzene rings is 2. The van der Waals surface area contributed by atoms with Crippen molar-refractivity contribution in [3.63, 3.8) is 0 Å². The topological polar surface area (TPSA) is 87.0 Å². The van der Waals surface area contributed by atoms with Crippen LogP contribution in [0.4, 0.5) is 0 Å². The van der Waals surface area contributed by atoms with E-state index in [-0.39, 0.29) is 10.5 Å². The number of aromatic nitrogens is 1. The first kappa shape index (κ1) is 22.9. The largest absolute Gasteiger partial charge is 0.486 e. The normalized spacial score (nSPS) is 14.3. The average Bonchev–Trinajstić information content (AvgIpc) is 3.11. The van der Waals surface area contributed by atoms with Crippen LogP contribution in [0.3, 0.4) is 0 Å². The number of ether oxygens (including phenoxy) is 2. The third kappa shape index (κ3) is 4.44. The fourth-order valence-corrected chi connectivity index (χ4v) is 5.85. The number of thiazole rings is 1. The lowest BCUT2D eigenvalue weighted by Gasteiger charge is -2.18. The monoisotopic (exact) mass is 492 g/mol. The van der Waals surface area contributed by atoms with Crippen molar-refractivity contribution in [3.8, 4) is 11.5 Å². The van der Waals surface area contributed by atoms with Crippen LogP contribution in [0.15, 0.2) is 46.3 Å². The van der Waals surface area contributed by atoms with Gasteiger partial charge in [0.25, 0.3) is 5.91 Å². The first-order valence-corrected chi connectivity index (χ1v) is 13.9. The van der Waals surface area contributed by atoms with Gasteiger partial charge >= 0.3 is 0 Å². The lowest BCUT2D eigenvalue weighted by atomic mass is 10.2. The summed E-state index contributed by atoms with van der Waals surface area (Å²) in [4.78, 5) is 18.1. The Bertz CT molecular complexity index is 1340. The van der Waals surface area contributed by atoms with E-state index in [4.69, 9.17) is 9.47 Å². The average molecular weight is 493 g/mol. The maximum atomic E-state index is 13.0. The first-order valence-electron chi connectivity index (χ1n) is 10.2. The molecule has 2 heterocycles. The maximum absolute atomic E-state index is 13.0. The molecule has 170 valence electrons. The molecule has 1 amide bonds. The maximum Gasteiger partial charge on any atom is 0.279 e. The van der Waals surface area contributed by atoms with E-state index in [2.05, 4.69) is 4.99 Å². The summed E-state index contributed by atoms with van der Waals surface area (Å²) in [5.41, 5.74) is 1.17. The molecule has 1 aliphatic rings. The Balaban J connectivity index is 1.80. The quantitative estimate of drug-likeness (QED) is 0.521. The molecule has 0 saturated carbocycles. The standard InChI is InChI=1S/C22H24N2O5S3/c1-14(2)32(26,27)16-6-4-5-15(11-16)21(25)23-22-24(7-10-30-3)17-12-18-19(13-20(17)31-22)29-9-8-28-18/h4-6,11-14H,7-10H2,1-3H3. The van der Waals surface area contributed by atoms with Crippen LogP contribution in [0.25, 0.3) is 10.2 Å². The number of rotatable bonds is 6. The van der Waals surface area contributed by atoms with Gasteiger partial charge in [-0.1, -0.05) is 17.4 Å². The molecule has 4 rings (SSSR count). The summed E-state index contributed by atoms with van der Waals surface area (Å²) in [5.74, 6) is 1.74. The Morgan fingerprint density at radius 2 is 1.91 bits per heavy atom. The number of thioether (sulfide) groups is 1. The molecule has 0 radical (unpaired) electrons. The third-order valence-corrected chi connectivity index (χ3v) is 8.88. The number of amides is 1. The van der Waals surface area contributed by atoms with Crippen LogP contribution in [0.2, 0.25) is 0 Å². The summed E-state index contributed by atoms with van der Waals surface area (Å²) in [7, 11) is -3.48. The van der Waals surface area contributed by atoms with E-state index in [1.54, 1.807) is 37.7 Å². The summed E-state index contributed by atoms with van der Waals surface area (Å²) in [6, 6.07) is 9.93. The van der Waals surface area contributed by atoms with Gasteiger partial charge in [0.15, 0.2) is 26.1 Å². The van der Waals surface area contributed by atoms with E-state index in [9.17, 15) is 13.2 Å². The fourth-order valence-electron chi connectivity index (χ4n) is 3.32. The van der Waals surface area contributed by atoms with Crippen molar-refractivity contribution in [2.75, 3.05) is 25.2 Å². The molecule has 0 spiro atoms. The Kier molecular flexibility index (Phi) is 6.64. The van der Waals surface area contributed by atoms with Gasteiger partial charge in [-0.25, -0.2) is 8.42 Å². The van der Waals surface area contributed by atoms with Gasteiger partial charge in [0.2, 0.25) is 0 Å². The van der Waals surface area contributed by atoms with Gasteiger partial charge in [0.05, 0.1) is 20.4 Å². The van der Waals surface area contributed by atoms with E-state index in [1.165, 1.54) is 23.5 Å². The highest BCUT2D eigenvalue weighted by Gasteiger charge is 2.21. The van der Waals surface area contributed by atoms with Crippen LogP contribution in [0, 0.1) is 0 Å². The minimum absolute atomic E-state index is 0.127. The smallest absolute Gasteiger partial charge is 0.279 e. The van der Waals surface area contributed by atoms with Gasteiger partial charge in [-0.15, -0.1) is 0 Å². The predicted molar refractivity (Wildman–Crippen MR) is 128 cm³/mol. The van der Waals surface area contributed by atoms with Gasteiger partial charge in [0, 0.05) is 30.0 Å². The molecule has 0 aliphatic carbocycles. The number of hydrogen-bond donors (Lipinski definition) is 0. The molecule has 32 heavy (non-hydrogen) atoms. The number of carbonyl (C=O) groups excluding carboxylic acids is 1. The van der Waals surface area contributed by atoms with Crippen molar-refractivity contribution in [3.05, 3.63) is 46.8 Å². The van der Waals surface area contributed by atoms with Crippen LogP contribution in [0.1, 0.15) is 24.2 Å². The van der Waals surface area contributed by atoms with Crippen LogP contribution in [-0.4, -0.2) is 49.4 Å². The highest BCUT2D eigenvalue weighted by molar-refractivity contribution is 7.98. The van der Waals surface area contributed by atoms with Crippen LogP contribution in [0.5, 0.6) is 11.5 Å². The summed E-state index contributed by atoms with van der Waals surface area (Å²) in [6.45, 7) is 4.91. The molecule has 1 aromatic heterocycles. The Morgan fingerprint density at radius 1 is 1.19 bits per heavy atom. The molecule has 0 fully saturated rings. The molecule has 2 aromatic carbocycles. The van der Waals surface area contributed by atoms with Crippen molar-refractivity contribution in [1.82, 2.24) is 4.57 Å². The summed E-state index contributed by atoms with van der Waals surface area (Å²) in [6.07, 6.45) is 2.02. The predicted octanol–water partition coefficient (Wildman–Crippen LogP) is 3.76. The van der Waals surface area contributed by atoms with Gasteiger partial charge in [-0.2, -0.15) is 16.8 Å².